The minimum absolute atomic E-state index is 0.0554. The van der Waals surface area contributed by atoms with Gasteiger partial charge in [0, 0.05) is 5.92 Å². The van der Waals surface area contributed by atoms with Gasteiger partial charge in [0.25, 0.3) is 0 Å². The van der Waals surface area contributed by atoms with E-state index in [9.17, 15) is 9.59 Å². The number of Topliss-reactive ketones (excluding diaryl/α,β-unsaturated/α-hetero) is 1. The molecule has 1 saturated heterocycles. The van der Waals surface area contributed by atoms with Gasteiger partial charge in [0.15, 0.2) is 5.79 Å². The van der Waals surface area contributed by atoms with Crippen LogP contribution in [0.25, 0.3) is 0 Å². The molecule has 1 saturated carbocycles. The monoisotopic (exact) mass is 299 g/mol. The summed E-state index contributed by atoms with van der Waals surface area (Å²) in [6.45, 7) is 10.6. The van der Waals surface area contributed by atoms with Crippen LogP contribution < -0.4 is 5.32 Å². The molecule has 4 unspecified atom stereocenters. The number of carbonyl (C=O) groups excluding carboxylic acids is 2. The Labute approximate surface area is 125 Å². The summed E-state index contributed by atoms with van der Waals surface area (Å²) in [4.78, 5) is 23.7. The number of nitrogens with one attached hydrogen (secondary N) is 1. The Morgan fingerprint density at radius 3 is 2.29 bits per heavy atom. The van der Waals surface area contributed by atoms with Gasteiger partial charge >= 0.3 is 6.09 Å². The molecule has 0 aromatic heterocycles. The molecule has 2 aliphatic rings. The van der Waals surface area contributed by atoms with Gasteiger partial charge in [-0.25, -0.2) is 4.79 Å². The zero-order chi connectivity index (χ0) is 16.0. The van der Waals surface area contributed by atoms with Crippen LogP contribution in [0.5, 0.6) is 0 Å². The van der Waals surface area contributed by atoms with E-state index < -0.39 is 17.5 Å². The third-order valence-corrected chi connectivity index (χ3v) is 3.69. The van der Waals surface area contributed by atoms with Gasteiger partial charge in [-0.1, -0.05) is 0 Å². The van der Waals surface area contributed by atoms with Crippen molar-refractivity contribution in [3.05, 3.63) is 0 Å². The highest BCUT2D eigenvalue weighted by Gasteiger charge is 2.55. The minimum atomic E-state index is -0.739. The van der Waals surface area contributed by atoms with Crippen LogP contribution in [0.2, 0.25) is 0 Å². The van der Waals surface area contributed by atoms with Gasteiger partial charge < -0.3 is 19.5 Å². The lowest BCUT2D eigenvalue weighted by atomic mass is 10.0. The first-order valence-electron chi connectivity index (χ1n) is 7.34. The first-order chi connectivity index (χ1) is 9.48. The predicted octanol–water partition coefficient (Wildman–Crippen LogP) is 2.01. The number of hydrogen-bond donors (Lipinski definition) is 1. The first-order valence-corrected chi connectivity index (χ1v) is 7.34. The lowest BCUT2D eigenvalue weighted by molar-refractivity contribution is -0.160. The number of hydrogen-bond acceptors (Lipinski definition) is 5. The lowest BCUT2D eigenvalue weighted by Gasteiger charge is -2.25. The normalized spacial score (nSPS) is 34.4. The maximum Gasteiger partial charge on any atom is 0.407 e. The number of ketones is 1. The third kappa shape index (κ3) is 3.74. The summed E-state index contributed by atoms with van der Waals surface area (Å²) in [7, 11) is 0. The SMILES string of the molecule is CC(=O)C1CC(NC(=O)OC(C)(C)C)C2OC(C)(C)OC12. The van der Waals surface area contributed by atoms with Crippen LogP contribution >= 0.6 is 0 Å². The first kappa shape index (κ1) is 16.2. The van der Waals surface area contributed by atoms with E-state index in [1.54, 1.807) is 27.7 Å². The number of alkyl carbamates (subject to hydrolysis) is 1. The number of rotatable bonds is 2. The smallest absolute Gasteiger partial charge is 0.407 e. The Morgan fingerprint density at radius 2 is 1.76 bits per heavy atom. The molecular weight excluding hydrogens is 274 g/mol. The molecule has 0 bridgehead atoms. The van der Waals surface area contributed by atoms with Gasteiger partial charge in [-0.3, -0.25) is 4.79 Å². The van der Waals surface area contributed by atoms with E-state index in [0.717, 1.165) is 0 Å². The van der Waals surface area contributed by atoms with Crippen LogP contribution in [0.15, 0.2) is 0 Å². The highest BCUT2D eigenvalue weighted by Crippen LogP contribution is 2.42. The van der Waals surface area contributed by atoms with E-state index >= 15 is 0 Å². The van der Waals surface area contributed by atoms with Gasteiger partial charge in [-0.05, 0) is 48.0 Å². The number of fused-ring (bicyclic) bond motifs is 1. The van der Waals surface area contributed by atoms with Gasteiger partial charge in [0.1, 0.15) is 17.5 Å². The van der Waals surface area contributed by atoms with E-state index in [1.165, 1.54) is 0 Å². The molecule has 120 valence electrons. The molecule has 1 amide bonds. The Bertz CT molecular complexity index is 440. The summed E-state index contributed by atoms with van der Waals surface area (Å²) < 4.78 is 16.9. The molecule has 0 aromatic rings. The molecule has 0 spiro atoms. The van der Waals surface area contributed by atoms with Crippen LogP contribution in [0, 0.1) is 5.92 Å². The molecule has 2 rings (SSSR count). The van der Waals surface area contributed by atoms with Crippen molar-refractivity contribution < 1.29 is 23.8 Å². The average Bonchev–Trinajstić information content (AvgIpc) is 2.70. The number of carbonyl (C=O) groups is 2. The molecule has 6 nitrogen and oxygen atoms in total. The fourth-order valence-corrected chi connectivity index (χ4v) is 2.98. The van der Waals surface area contributed by atoms with E-state index in [-0.39, 0.29) is 30.0 Å². The number of ether oxygens (including phenoxy) is 3. The molecule has 4 atom stereocenters. The zero-order valence-corrected chi connectivity index (χ0v) is 13.6. The second-order valence-corrected chi connectivity index (χ2v) is 7.27. The van der Waals surface area contributed by atoms with Crippen LogP contribution in [0.1, 0.15) is 48.0 Å². The fraction of sp³-hybridized carbons (Fsp3) is 0.867. The van der Waals surface area contributed by atoms with Gasteiger partial charge in [-0.15, -0.1) is 0 Å². The Hall–Kier alpha value is -1.14. The standard InChI is InChI=1S/C15H25NO5/c1-8(17)9-7-10(16-13(18)21-14(2,3)4)12-11(9)19-15(5,6)20-12/h9-12H,7H2,1-6H3,(H,16,18). The van der Waals surface area contributed by atoms with Crippen LogP contribution in [-0.4, -0.2) is 41.5 Å². The largest absolute Gasteiger partial charge is 0.444 e. The van der Waals surface area contributed by atoms with Crippen molar-refractivity contribution in [1.29, 1.82) is 0 Å². The summed E-state index contributed by atoms with van der Waals surface area (Å²) >= 11 is 0. The van der Waals surface area contributed by atoms with Gasteiger partial charge in [0.05, 0.1) is 12.1 Å². The maximum atomic E-state index is 11.9. The van der Waals surface area contributed by atoms with Crippen molar-refractivity contribution in [2.45, 2.75) is 77.6 Å². The molecule has 6 heteroatoms. The second kappa shape index (κ2) is 5.25. The van der Waals surface area contributed by atoms with Crippen molar-refractivity contribution in [1.82, 2.24) is 5.32 Å². The van der Waals surface area contributed by atoms with Crippen molar-refractivity contribution in [3.63, 3.8) is 0 Å². The van der Waals surface area contributed by atoms with E-state index in [1.807, 2.05) is 13.8 Å². The summed E-state index contributed by atoms with van der Waals surface area (Å²) in [5, 5.41) is 2.81. The molecule has 0 radical (unpaired) electrons. The molecule has 1 aliphatic carbocycles. The summed E-state index contributed by atoms with van der Waals surface area (Å²) in [6.07, 6.45) is -0.609. The molecule has 1 heterocycles. The Balaban J connectivity index is 2.07. The van der Waals surface area contributed by atoms with Gasteiger partial charge in [0.2, 0.25) is 0 Å². The molecule has 21 heavy (non-hydrogen) atoms. The fourth-order valence-electron chi connectivity index (χ4n) is 2.98. The summed E-state index contributed by atoms with van der Waals surface area (Å²) in [5.41, 5.74) is -0.561. The molecule has 1 N–H and O–H groups in total. The average molecular weight is 299 g/mol. The van der Waals surface area contributed by atoms with Crippen molar-refractivity contribution in [2.24, 2.45) is 5.92 Å². The van der Waals surface area contributed by atoms with Crippen molar-refractivity contribution in [3.8, 4) is 0 Å². The quantitative estimate of drug-likeness (QED) is 0.844. The molecule has 0 aromatic carbocycles. The van der Waals surface area contributed by atoms with E-state index in [0.29, 0.717) is 6.42 Å². The summed E-state index contributed by atoms with van der Waals surface area (Å²) in [5.74, 6) is -0.936. The third-order valence-electron chi connectivity index (χ3n) is 3.69. The Kier molecular flexibility index (Phi) is 4.06. The highest BCUT2D eigenvalue weighted by atomic mass is 16.8. The predicted molar refractivity (Wildman–Crippen MR) is 75.8 cm³/mol. The highest BCUT2D eigenvalue weighted by molar-refractivity contribution is 5.80. The van der Waals surface area contributed by atoms with Gasteiger partial charge in [-0.2, -0.15) is 0 Å². The zero-order valence-electron chi connectivity index (χ0n) is 13.6. The molecule has 1 aliphatic heterocycles. The van der Waals surface area contributed by atoms with Crippen LogP contribution in [0.3, 0.4) is 0 Å². The Morgan fingerprint density at radius 1 is 1.19 bits per heavy atom. The topological polar surface area (TPSA) is 73.9 Å². The second-order valence-electron chi connectivity index (χ2n) is 7.27. The van der Waals surface area contributed by atoms with Crippen LogP contribution in [0.4, 0.5) is 4.79 Å². The molecule has 2 fully saturated rings. The van der Waals surface area contributed by atoms with E-state index in [2.05, 4.69) is 5.32 Å². The lowest BCUT2D eigenvalue weighted by Crippen LogP contribution is -2.45. The maximum absolute atomic E-state index is 11.9. The molecular formula is C15H25NO5. The van der Waals surface area contributed by atoms with E-state index in [4.69, 9.17) is 14.2 Å². The van der Waals surface area contributed by atoms with Crippen molar-refractivity contribution >= 4 is 11.9 Å². The van der Waals surface area contributed by atoms with Crippen LogP contribution in [-0.2, 0) is 19.0 Å². The summed E-state index contributed by atoms with van der Waals surface area (Å²) in [6, 6.07) is -0.277. The minimum Gasteiger partial charge on any atom is -0.444 e. The number of amides is 1. The van der Waals surface area contributed by atoms with Crippen molar-refractivity contribution in [2.75, 3.05) is 0 Å².